The Balaban J connectivity index is 1.75. The number of methoxy groups -OCH3 is 2. The van der Waals surface area contributed by atoms with Crippen LogP contribution in [-0.4, -0.2) is 31.2 Å². The molecule has 0 amide bonds. The topological polar surface area (TPSA) is 34.6 Å². The van der Waals surface area contributed by atoms with E-state index in [1.165, 1.54) is 5.56 Å². The van der Waals surface area contributed by atoms with E-state index in [0.717, 1.165) is 40.9 Å². The fourth-order valence-electron chi connectivity index (χ4n) is 2.79. The lowest BCUT2D eigenvalue weighted by Crippen LogP contribution is -2.17. The van der Waals surface area contributed by atoms with Gasteiger partial charge in [-0.05, 0) is 24.7 Å². The lowest BCUT2D eigenvalue weighted by atomic mass is 10.2. The van der Waals surface area contributed by atoms with Crippen LogP contribution in [0.2, 0.25) is 0 Å². The van der Waals surface area contributed by atoms with Crippen molar-refractivity contribution in [1.29, 1.82) is 0 Å². The standard InChI is InChI=1S/C20H22N2O2S/c1-22(12-15-8-5-4-6-9-15)13-16-14-25-20(21-16)17-10-7-11-18(23-2)19(17)24-3/h4-11,14H,12-13H2,1-3H3. The maximum Gasteiger partial charge on any atom is 0.170 e. The van der Waals surface area contributed by atoms with Crippen molar-refractivity contribution < 1.29 is 9.47 Å². The first-order chi connectivity index (χ1) is 12.2. The van der Waals surface area contributed by atoms with E-state index in [2.05, 4.69) is 41.6 Å². The van der Waals surface area contributed by atoms with E-state index in [4.69, 9.17) is 14.5 Å². The van der Waals surface area contributed by atoms with Crippen LogP contribution in [0.3, 0.4) is 0 Å². The Labute approximate surface area is 152 Å². The van der Waals surface area contributed by atoms with Gasteiger partial charge < -0.3 is 9.47 Å². The molecule has 0 aliphatic heterocycles. The van der Waals surface area contributed by atoms with E-state index < -0.39 is 0 Å². The van der Waals surface area contributed by atoms with Crippen LogP contribution >= 0.6 is 11.3 Å². The molecule has 0 N–H and O–H groups in total. The molecule has 4 nitrogen and oxygen atoms in total. The number of thiazole rings is 1. The van der Waals surface area contributed by atoms with Gasteiger partial charge in [0.2, 0.25) is 0 Å². The zero-order valence-electron chi connectivity index (χ0n) is 14.7. The van der Waals surface area contributed by atoms with Crippen molar-refractivity contribution in [3.05, 3.63) is 65.2 Å². The lowest BCUT2D eigenvalue weighted by Gasteiger charge is -2.15. The number of para-hydroxylation sites is 1. The van der Waals surface area contributed by atoms with E-state index in [-0.39, 0.29) is 0 Å². The Morgan fingerprint density at radius 3 is 2.48 bits per heavy atom. The van der Waals surface area contributed by atoms with E-state index in [9.17, 15) is 0 Å². The maximum absolute atomic E-state index is 5.52. The molecule has 5 heteroatoms. The first-order valence-corrected chi connectivity index (χ1v) is 8.97. The molecule has 0 bridgehead atoms. The summed E-state index contributed by atoms with van der Waals surface area (Å²) in [5.41, 5.74) is 3.32. The van der Waals surface area contributed by atoms with Crippen molar-refractivity contribution in [1.82, 2.24) is 9.88 Å². The van der Waals surface area contributed by atoms with Crippen LogP contribution in [0.1, 0.15) is 11.3 Å². The smallest absolute Gasteiger partial charge is 0.170 e. The Morgan fingerprint density at radius 2 is 1.76 bits per heavy atom. The van der Waals surface area contributed by atoms with Crippen LogP contribution in [0.5, 0.6) is 11.5 Å². The van der Waals surface area contributed by atoms with Gasteiger partial charge in [0.15, 0.2) is 11.5 Å². The van der Waals surface area contributed by atoms with Crippen LogP contribution in [0.15, 0.2) is 53.9 Å². The van der Waals surface area contributed by atoms with Gasteiger partial charge in [0.25, 0.3) is 0 Å². The Bertz CT molecular complexity index is 818. The Morgan fingerprint density at radius 1 is 0.960 bits per heavy atom. The van der Waals surface area contributed by atoms with E-state index in [1.807, 2.05) is 24.3 Å². The summed E-state index contributed by atoms with van der Waals surface area (Å²) in [5.74, 6) is 1.45. The van der Waals surface area contributed by atoms with Gasteiger partial charge in [0.05, 0.1) is 25.5 Å². The molecule has 3 rings (SSSR count). The minimum absolute atomic E-state index is 0.720. The fraction of sp³-hybridized carbons (Fsp3) is 0.250. The zero-order chi connectivity index (χ0) is 17.6. The number of hydrogen-bond donors (Lipinski definition) is 0. The van der Waals surface area contributed by atoms with Gasteiger partial charge >= 0.3 is 0 Å². The Hall–Kier alpha value is -2.37. The van der Waals surface area contributed by atoms with Gasteiger partial charge in [0.1, 0.15) is 5.01 Å². The fourth-order valence-corrected chi connectivity index (χ4v) is 3.62. The first kappa shape index (κ1) is 17.5. The summed E-state index contributed by atoms with van der Waals surface area (Å²) in [4.78, 5) is 7.05. The van der Waals surface area contributed by atoms with Crippen molar-refractivity contribution in [2.75, 3.05) is 21.3 Å². The summed E-state index contributed by atoms with van der Waals surface area (Å²) < 4.78 is 10.9. The van der Waals surface area contributed by atoms with Gasteiger partial charge in [-0.15, -0.1) is 11.3 Å². The maximum atomic E-state index is 5.52. The van der Waals surface area contributed by atoms with Crippen LogP contribution in [-0.2, 0) is 13.1 Å². The number of aromatic nitrogens is 1. The first-order valence-electron chi connectivity index (χ1n) is 8.09. The molecule has 0 fully saturated rings. The monoisotopic (exact) mass is 354 g/mol. The van der Waals surface area contributed by atoms with Gasteiger partial charge in [-0.3, -0.25) is 4.90 Å². The van der Waals surface area contributed by atoms with E-state index >= 15 is 0 Å². The molecule has 0 atom stereocenters. The summed E-state index contributed by atoms with van der Waals surface area (Å²) in [6, 6.07) is 16.3. The minimum atomic E-state index is 0.720. The second-order valence-corrected chi connectivity index (χ2v) is 6.70. The molecule has 2 aromatic carbocycles. The van der Waals surface area contributed by atoms with Crippen molar-refractivity contribution in [3.63, 3.8) is 0 Å². The molecule has 1 aromatic heterocycles. The highest BCUT2D eigenvalue weighted by Gasteiger charge is 2.15. The minimum Gasteiger partial charge on any atom is -0.493 e. The SMILES string of the molecule is COc1cccc(-c2nc(CN(C)Cc3ccccc3)cs2)c1OC. The molecule has 1 heterocycles. The number of nitrogens with zero attached hydrogens (tertiary/aromatic N) is 2. The van der Waals surface area contributed by atoms with E-state index in [1.54, 1.807) is 25.6 Å². The quantitative estimate of drug-likeness (QED) is 0.627. The third-order valence-electron chi connectivity index (χ3n) is 3.91. The van der Waals surface area contributed by atoms with Crippen LogP contribution in [0, 0.1) is 0 Å². The third-order valence-corrected chi connectivity index (χ3v) is 4.84. The summed E-state index contributed by atoms with van der Waals surface area (Å²) in [6.45, 7) is 1.70. The van der Waals surface area contributed by atoms with Crippen LogP contribution in [0.25, 0.3) is 10.6 Å². The summed E-state index contributed by atoms with van der Waals surface area (Å²) >= 11 is 1.63. The lowest BCUT2D eigenvalue weighted by molar-refractivity contribution is 0.316. The van der Waals surface area contributed by atoms with Crippen molar-refractivity contribution in [3.8, 4) is 22.1 Å². The number of ether oxygens (including phenoxy) is 2. The molecule has 0 spiro atoms. The molecule has 0 aliphatic carbocycles. The van der Waals surface area contributed by atoms with Crippen molar-refractivity contribution in [2.24, 2.45) is 0 Å². The number of rotatable bonds is 7. The van der Waals surface area contributed by atoms with Gasteiger partial charge in [-0.1, -0.05) is 36.4 Å². The molecule has 3 aromatic rings. The predicted octanol–water partition coefficient (Wildman–Crippen LogP) is 4.46. The van der Waals surface area contributed by atoms with E-state index in [0.29, 0.717) is 0 Å². The summed E-state index contributed by atoms with van der Waals surface area (Å²) in [7, 11) is 5.41. The summed E-state index contributed by atoms with van der Waals surface area (Å²) in [6.07, 6.45) is 0. The molecule has 0 radical (unpaired) electrons. The molecular weight excluding hydrogens is 332 g/mol. The summed E-state index contributed by atoms with van der Waals surface area (Å²) in [5, 5.41) is 3.05. The molecule has 0 aliphatic rings. The second kappa shape index (κ2) is 8.14. The molecule has 0 unspecified atom stereocenters. The average molecular weight is 354 g/mol. The third kappa shape index (κ3) is 4.18. The highest BCUT2D eigenvalue weighted by molar-refractivity contribution is 7.13. The zero-order valence-corrected chi connectivity index (χ0v) is 15.5. The number of hydrogen-bond acceptors (Lipinski definition) is 5. The molecular formula is C20H22N2O2S. The van der Waals surface area contributed by atoms with Crippen molar-refractivity contribution in [2.45, 2.75) is 13.1 Å². The highest BCUT2D eigenvalue weighted by atomic mass is 32.1. The normalized spacial score (nSPS) is 10.9. The van der Waals surface area contributed by atoms with Crippen LogP contribution in [0.4, 0.5) is 0 Å². The molecule has 25 heavy (non-hydrogen) atoms. The highest BCUT2D eigenvalue weighted by Crippen LogP contribution is 2.39. The van der Waals surface area contributed by atoms with Crippen LogP contribution < -0.4 is 9.47 Å². The van der Waals surface area contributed by atoms with Gasteiger partial charge in [0, 0.05) is 18.5 Å². The van der Waals surface area contributed by atoms with Gasteiger partial charge in [-0.2, -0.15) is 0 Å². The van der Waals surface area contributed by atoms with Gasteiger partial charge in [-0.25, -0.2) is 4.98 Å². The Kier molecular flexibility index (Phi) is 5.68. The predicted molar refractivity (Wildman–Crippen MR) is 102 cm³/mol. The largest absolute Gasteiger partial charge is 0.493 e. The molecule has 130 valence electrons. The molecule has 0 saturated carbocycles. The van der Waals surface area contributed by atoms with Crippen molar-refractivity contribution >= 4 is 11.3 Å². The average Bonchev–Trinajstić information content (AvgIpc) is 3.09. The second-order valence-electron chi connectivity index (χ2n) is 5.84. The molecule has 0 saturated heterocycles. The number of benzene rings is 2.